The molecule has 3 aromatic rings. The first-order chi connectivity index (χ1) is 22.4. The number of nitrogens with zero attached hydrogens (tertiary/aromatic N) is 3. The highest BCUT2D eigenvalue weighted by Crippen LogP contribution is 2.34. The Morgan fingerprint density at radius 2 is 1.48 bits per heavy atom. The van der Waals surface area contributed by atoms with E-state index in [-0.39, 0.29) is 37.2 Å². The first-order valence-corrected chi connectivity index (χ1v) is 16.3. The third-order valence-corrected chi connectivity index (χ3v) is 9.62. The fourth-order valence-electron chi connectivity index (χ4n) is 6.93. The van der Waals surface area contributed by atoms with Crippen LogP contribution in [0.15, 0.2) is 84.9 Å². The number of alkyl carbamates (subject to hydrolysis) is 1. The lowest BCUT2D eigenvalue weighted by molar-refractivity contribution is -0.139. The molecule has 0 aliphatic carbocycles. The maximum atomic E-state index is 13.3. The Labute approximate surface area is 270 Å². The average Bonchev–Trinajstić information content (AvgIpc) is 3.06. The smallest absolute Gasteiger partial charge is 0.408 e. The van der Waals surface area contributed by atoms with Crippen molar-refractivity contribution in [3.8, 4) is 0 Å². The minimum absolute atomic E-state index is 0.0224. The standard InChI is InChI=1S/C37H42N4O5/c42-21-7-18-40(24-30-8-3-1-4-9-30)34(43)22-28-12-14-29(15-13-28)23-35(44)41-26-37(27-41,32-10-5-2-6-11-32)38-36(45)46-33-25-39-19-16-31(33)17-20-39/h1-6,8-15,21,31,33H,7,16-20,22-27H2,(H,38,45)/t33-/m0/s1. The quantitative estimate of drug-likeness (QED) is 0.307. The molecule has 4 heterocycles. The van der Waals surface area contributed by atoms with Gasteiger partial charge in [0.1, 0.15) is 17.9 Å². The zero-order valence-electron chi connectivity index (χ0n) is 26.2. The number of piperidine rings is 3. The number of nitrogens with one attached hydrogen (secondary N) is 1. The third-order valence-electron chi connectivity index (χ3n) is 9.62. The molecule has 1 atom stereocenters. The molecule has 1 N–H and O–H groups in total. The van der Waals surface area contributed by atoms with Crippen LogP contribution in [0.25, 0.3) is 0 Å². The Balaban J connectivity index is 1.03. The molecule has 4 aliphatic heterocycles. The monoisotopic (exact) mass is 622 g/mol. The van der Waals surface area contributed by atoms with Crippen LogP contribution in [0, 0.1) is 5.92 Å². The lowest BCUT2D eigenvalue weighted by Gasteiger charge is -2.51. The molecule has 0 aromatic heterocycles. The van der Waals surface area contributed by atoms with E-state index in [1.54, 1.807) is 9.80 Å². The summed E-state index contributed by atoms with van der Waals surface area (Å²) in [6.07, 6.45) is 3.18. The molecular weight excluding hydrogens is 580 g/mol. The van der Waals surface area contributed by atoms with Crippen LogP contribution in [0.1, 0.15) is 41.5 Å². The van der Waals surface area contributed by atoms with Gasteiger partial charge in [0.25, 0.3) is 0 Å². The summed E-state index contributed by atoms with van der Waals surface area (Å²) >= 11 is 0. The topological polar surface area (TPSA) is 99.3 Å². The van der Waals surface area contributed by atoms with Crippen molar-refractivity contribution in [1.29, 1.82) is 0 Å². The van der Waals surface area contributed by atoms with Crippen molar-refractivity contribution in [2.75, 3.05) is 39.3 Å². The van der Waals surface area contributed by atoms with Crippen LogP contribution < -0.4 is 5.32 Å². The van der Waals surface area contributed by atoms with Crippen molar-refractivity contribution in [1.82, 2.24) is 20.0 Å². The second-order valence-electron chi connectivity index (χ2n) is 12.8. The fourth-order valence-corrected chi connectivity index (χ4v) is 6.93. The normalized spacial score (nSPS) is 21.1. The summed E-state index contributed by atoms with van der Waals surface area (Å²) < 4.78 is 5.93. The highest BCUT2D eigenvalue weighted by molar-refractivity contribution is 5.81. The number of fused-ring (bicyclic) bond motifs is 3. The first kappa shape index (κ1) is 31.5. The molecule has 0 unspecified atom stereocenters. The number of benzene rings is 3. The molecule has 0 saturated carbocycles. The zero-order valence-corrected chi connectivity index (χ0v) is 26.2. The van der Waals surface area contributed by atoms with Crippen LogP contribution in [0.2, 0.25) is 0 Å². The molecule has 9 nitrogen and oxygen atoms in total. The van der Waals surface area contributed by atoms with Gasteiger partial charge in [-0.3, -0.25) is 14.5 Å². The predicted molar refractivity (Wildman–Crippen MR) is 174 cm³/mol. The minimum Gasteiger partial charge on any atom is -0.445 e. The number of carbonyl (C=O) groups is 4. The van der Waals surface area contributed by atoms with Gasteiger partial charge in [-0.05, 0) is 54.1 Å². The summed E-state index contributed by atoms with van der Waals surface area (Å²) in [6.45, 7) is 4.51. The summed E-state index contributed by atoms with van der Waals surface area (Å²) in [5.74, 6) is 0.348. The molecule has 4 saturated heterocycles. The summed E-state index contributed by atoms with van der Waals surface area (Å²) in [4.78, 5) is 56.4. The van der Waals surface area contributed by atoms with Crippen LogP contribution in [0.4, 0.5) is 4.79 Å². The minimum atomic E-state index is -0.693. The summed E-state index contributed by atoms with van der Waals surface area (Å²) in [5.41, 5.74) is 2.98. The third kappa shape index (κ3) is 7.48. The zero-order chi connectivity index (χ0) is 31.9. The van der Waals surface area contributed by atoms with Gasteiger partial charge in [0, 0.05) is 39.1 Å². The number of hydrogen-bond acceptors (Lipinski definition) is 6. The maximum absolute atomic E-state index is 13.3. The number of hydrogen-bond donors (Lipinski definition) is 1. The van der Waals surface area contributed by atoms with Crippen LogP contribution in [-0.4, -0.2) is 84.3 Å². The largest absolute Gasteiger partial charge is 0.445 e. The number of amides is 3. The van der Waals surface area contributed by atoms with Gasteiger partial charge in [0.2, 0.25) is 11.8 Å². The van der Waals surface area contributed by atoms with Gasteiger partial charge in [-0.25, -0.2) is 4.79 Å². The molecule has 7 rings (SSSR count). The molecule has 2 bridgehead atoms. The van der Waals surface area contributed by atoms with Crippen molar-refractivity contribution in [3.63, 3.8) is 0 Å². The Kier molecular flexibility index (Phi) is 9.78. The number of ether oxygens (including phenoxy) is 1. The number of likely N-dealkylation sites (tertiary alicyclic amines) is 1. The summed E-state index contributed by atoms with van der Waals surface area (Å²) in [7, 11) is 0. The molecule has 3 amide bonds. The predicted octanol–water partition coefficient (Wildman–Crippen LogP) is 3.95. The van der Waals surface area contributed by atoms with E-state index in [2.05, 4.69) is 10.2 Å². The average molecular weight is 623 g/mol. The van der Waals surface area contributed by atoms with Gasteiger partial charge in [0.15, 0.2) is 0 Å². The van der Waals surface area contributed by atoms with E-state index in [4.69, 9.17) is 4.74 Å². The van der Waals surface area contributed by atoms with Crippen molar-refractivity contribution >= 4 is 24.2 Å². The van der Waals surface area contributed by atoms with Crippen LogP contribution in [0.3, 0.4) is 0 Å². The van der Waals surface area contributed by atoms with Crippen LogP contribution in [0.5, 0.6) is 0 Å². The van der Waals surface area contributed by atoms with Crippen molar-refractivity contribution in [2.45, 2.75) is 50.3 Å². The summed E-state index contributed by atoms with van der Waals surface area (Å²) in [6, 6.07) is 27.1. The van der Waals surface area contributed by atoms with Crippen LogP contribution >= 0.6 is 0 Å². The van der Waals surface area contributed by atoms with E-state index in [1.807, 2.05) is 84.9 Å². The molecule has 240 valence electrons. The highest BCUT2D eigenvalue weighted by Gasteiger charge is 2.48. The van der Waals surface area contributed by atoms with Crippen molar-refractivity contribution < 1.29 is 23.9 Å². The lowest BCUT2D eigenvalue weighted by Crippen LogP contribution is -2.69. The van der Waals surface area contributed by atoms with Gasteiger partial charge >= 0.3 is 6.09 Å². The summed E-state index contributed by atoms with van der Waals surface area (Å²) in [5, 5.41) is 3.14. The lowest BCUT2D eigenvalue weighted by atomic mass is 9.82. The molecular formula is C37H42N4O5. The SMILES string of the molecule is O=CCCN(Cc1ccccc1)C(=O)Cc1ccc(CC(=O)N2CC(NC(=O)O[C@H]3CN4CCC3CC4)(c3ccccc3)C2)cc1. The molecule has 9 heteroatoms. The van der Waals surface area contributed by atoms with Gasteiger partial charge in [0.05, 0.1) is 12.8 Å². The molecule has 3 aromatic carbocycles. The maximum Gasteiger partial charge on any atom is 0.408 e. The van der Waals surface area contributed by atoms with Gasteiger partial charge < -0.3 is 24.6 Å². The Hall–Kier alpha value is -4.50. The number of rotatable bonds is 12. The molecule has 4 fully saturated rings. The number of aldehydes is 1. The second kappa shape index (κ2) is 14.3. The van der Waals surface area contributed by atoms with E-state index in [1.165, 1.54) is 0 Å². The Bertz CT molecular complexity index is 1500. The molecule has 4 aliphatic rings. The van der Waals surface area contributed by atoms with Crippen LogP contribution in [-0.2, 0) is 44.0 Å². The van der Waals surface area contributed by atoms with Gasteiger partial charge in [-0.1, -0.05) is 84.9 Å². The van der Waals surface area contributed by atoms with Crippen molar-refractivity contribution in [2.24, 2.45) is 5.92 Å². The highest BCUT2D eigenvalue weighted by atomic mass is 16.6. The van der Waals surface area contributed by atoms with E-state index in [0.717, 1.165) is 61.0 Å². The van der Waals surface area contributed by atoms with Gasteiger partial charge in [-0.2, -0.15) is 0 Å². The van der Waals surface area contributed by atoms with Gasteiger partial charge in [-0.15, -0.1) is 0 Å². The molecule has 0 radical (unpaired) electrons. The Morgan fingerprint density at radius 3 is 2.09 bits per heavy atom. The first-order valence-electron chi connectivity index (χ1n) is 16.3. The Morgan fingerprint density at radius 1 is 0.848 bits per heavy atom. The molecule has 46 heavy (non-hydrogen) atoms. The number of carbonyl (C=O) groups excluding carboxylic acids is 4. The van der Waals surface area contributed by atoms with E-state index in [9.17, 15) is 19.2 Å². The second-order valence-corrected chi connectivity index (χ2v) is 12.8. The van der Waals surface area contributed by atoms with E-state index >= 15 is 0 Å². The van der Waals surface area contributed by atoms with E-state index < -0.39 is 11.6 Å². The molecule has 0 spiro atoms. The van der Waals surface area contributed by atoms with E-state index in [0.29, 0.717) is 32.1 Å². The van der Waals surface area contributed by atoms with Crippen molar-refractivity contribution in [3.05, 3.63) is 107 Å². The fraction of sp³-hybridized carbons (Fsp3) is 0.405.